The summed E-state index contributed by atoms with van der Waals surface area (Å²) in [6, 6.07) is 11.6. The molecule has 1 aromatic heterocycles. The first-order valence-corrected chi connectivity index (χ1v) is 7.94. The van der Waals surface area contributed by atoms with Gasteiger partial charge in [-0.05, 0) is 52.4 Å². The lowest BCUT2D eigenvalue weighted by molar-refractivity contribution is 0.353. The van der Waals surface area contributed by atoms with E-state index in [1.165, 1.54) is 0 Å². The number of anilines is 1. The molecule has 118 valence electrons. The predicted octanol–water partition coefficient (Wildman–Crippen LogP) is 3.63. The summed E-state index contributed by atoms with van der Waals surface area (Å²) >= 11 is 2.20. The Bertz CT molecular complexity index is 827. The van der Waals surface area contributed by atoms with Gasteiger partial charge in [0.2, 0.25) is 5.95 Å². The van der Waals surface area contributed by atoms with Crippen LogP contribution in [0.5, 0.6) is 11.5 Å². The average Bonchev–Trinajstić information content (AvgIpc) is 2.97. The van der Waals surface area contributed by atoms with Crippen molar-refractivity contribution in [2.24, 2.45) is 5.10 Å². The van der Waals surface area contributed by atoms with Crippen molar-refractivity contribution in [3.05, 3.63) is 45.5 Å². The third kappa shape index (κ3) is 3.39. The number of nitrogens with one attached hydrogen (secondary N) is 2. The van der Waals surface area contributed by atoms with Gasteiger partial charge in [-0.15, -0.1) is 0 Å². The number of fused-ring (bicyclic) bond motifs is 1. The van der Waals surface area contributed by atoms with Crippen LogP contribution in [0.1, 0.15) is 5.56 Å². The topological polar surface area (TPSA) is 71.5 Å². The van der Waals surface area contributed by atoms with Crippen molar-refractivity contribution in [2.75, 3.05) is 19.6 Å². The van der Waals surface area contributed by atoms with Gasteiger partial charge in [0.15, 0.2) is 11.5 Å². The lowest BCUT2D eigenvalue weighted by Crippen LogP contribution is -1.97. The van der Waals surface area contributed by atoms with Gasteiger partial charge in [0.1, 0.15) is 0 Å². The van der Waals surface area contributed by atoms with Crippen LogP contribution in [-0.4, -0.2) is 30.4 Å². The number of aromatic amines is 1. The lowest BCUT2D eigenvalue weighted by atomic mass is 10.2. The van der Waals surface area contributed by atoms with Gasteiger partial charge in [0.25, 0.3) is 0 Å². The standard InChI is InChI=1S/C16H15IN4O2/c1-22-14-8-10(7-11(17)15(14)23-2)9-18-21-16-19-12-5-3-4-6-13(12)20-16/h3-9H,1-2H3,(H2,19,20,21)/b18-9-. The SMILES string of the molecule is COc1cc(/C=N\Nc2nc3ccccc3[nH]2)cc(I)c1OC. The number of nitrogens with zero attached hydrogens (tertiary/aromatic N) is 2. The van der Waals surface area contributed by atoms with E-state index in [9.17, 15) is 0 Å². The maximum absolute atomic E-state index is 5.33. The molecule has 23 heavy (non-hydrogen) atoms. The fraction of sp³-hybridized carbons (Fsp3) is 0.125. The smallest absolute Gasteiger partial charge is 0.222 e. The first kappa shape index (κ1) is 15.6. The van der Waals surface area contributed by atoms with Gasteiger partial charge >= 0.3 is 0 Å². The molecule has 0 saturated carbocycles. The minimum atomic E-state index is 0.595. The number of ether oxygens (including phenoxy) is 2. The van der Waals surface area contributed by atoms with Crippen LogP contribution in [0.3, 0.4) is 0 Å². The highest BCUT2D eigenvalue weighted by Gasteiger charge is 2.09. The number of hydrogen-bond donors (Lipinski definition) is 2. The van der Waals surface area contributed by atoms with Crippen LogP contribution in [0.25, 0.3) is 11.0 Å². The number of halogens is 1. The monoisotopic (exact) mass is 422 g/mol. The second-order valence-corrected chi connectivity index (χ2v) is 5.87. The number of rotatable bonds is 5. The summed E-state index contributed by atoms with van der Waals surface area (Å²) < 4.78 is 11.6. The third-order valence-corrected chi connectivity index (χ3v) is 4.03. The highest BCUT2D eigenvalue weighted by atomic mass is 127. The Kier molecular flexibility index (Phi) is 4.65. The summed E-state index contributed by atoms with van der Waals surface area (Å²) in [5.74, 6) is 1.98. The molecule has 0 saturated heterocycles. The van der Waals surface area contributed by atoms with Crippen molar-refractivity contribution in [1.82, 2.24) is 9.97 Å². The predicted molar refractivity (Wildman–Crippen MR) is 99.6 cm³/mol. The molecule has 0 radical (unpaired) electrons. The van der Waals surface area contributed by atoms with Gasteiger partial charge in [-0.25, -0.2) is 10.4 Å². The van der Waals surface area contributed by atoms with E-state index in [0.717, 1.165) is 25.9 Å². The van der Waals surface area contributed by atoms with Crippen molar-refractivity contribution in [1.29, 1.82) is 0 Å². The van der Waals surface area contributed by atoms with Crippen LogP contribution in [0.4, 0.5) is 5.95 Å². The van der Waals surface area contributed by atoms with Crippen LogP contribution in [-0.2, 0) is 0 Å². The highest BCUT2D eigenvalue weighted by molar-refractivity contribution is 14.1. The maximum atomic E-state index is 5.33. The van der Waals surface area contributed by atoms with Crippen LogP contribution in [0, 0.1) is 3.57 Å². The largest absolute Gasteiger partial charge is 0.493 e. The Morgan fingerprint density at radius 2 is 2.04 bits per heavy atom. The number of aromatic nitrogens is 2. The fourth-order valence-electron chi connectivity index (χ4n) is 2.19. The molecule has 0 amide bonds. The molecule has 1 heterocycles. The Hall–Kier alpha value is -2.29. The van der Waals surface area contributed by atoms with Gasteiger partial charge in [-0.2, -0.15) is 5.10 Å². The van der Waals surface area contributed by atoms with Gasteiger partial charge < -0.3 is 14.5 Å². The minimum absolute atomic E-state index is 0.595. The molecule has 2 aromatic carbocycles. The van der Waals surface area contributed by atoms with Crippen molar-refractivity contribution >= 4 is 45.8 Å². The van der Waals surface area contributed by atoms with Crippen molar-refractivity contribution in [3.63, 3.8) is 0 Å². The number of imidazole rings is 1. The Labute approximate surface area is 147 Å². The molecular weight excluding hydrogens is 407 g/mol. The molecule has 0 aliphatic rings. The summed E-state index contributed by atoms with van der Waals surface area (Å²) in [6.07, 6.45) is 1.71. The van der Waals surface area contributed by atoms with Crippen molar-refractivity contribution in [2.45, 2.75) is 0 Å². The number of benzene rings is 2. The lowest BCUT2D eigenvalue weighted by Gasteiger charge is -2.10. The zero-order valence-electron chi connectivity index (χ0n) is 12.6. The normalized spacial score (nSPS) is 11.1. The molecule has 0 aliphatic carbocycles. The van der Waals surface area contributed by atoms with E-state index in [-0.39, 0.29) is 0 Å². The molecule has 2 N–H and O–H groups in total. The quantitative estimate of drug-likeness (QED) is 0.374. The zero-order valence-corrected chi connectivity index (χ0v) is 14.8. The van der Waals surface area contributed by atoms with E-state index in [2.05, 4.69) is 43.1 Å². The first-order chi connectivity index (χ1) is 11.2. The van der Waals surface area contributed by atoms with Crippen LogP contribution in [0.15, 0.2) is 41.5 Å². The van der Waals surface area contributed by atoms with E-state index < -0.39 is 0 Å². The molecule has 0 unspecified atom stereocenters. The summed E-state index contributed by atoms with van der Waals surface area (Å²) in [4.78, 5) is 7.55. The Morgan fingerprint density at radius 1 is 1.22 bits per heavy atom. The summed E-state index contributed by atoms with van der Waals surface area (Å²) in [6.45, 7) is 0. The van der Waals surface area contributed by atoms with E-state index in [1.54, 1.807) is 20.4 Å². The second-order valence-electron chi connectivity index (χ2n) is 4.71. The number of H-pyrrole nitrogens is 1. The van der Waals surface area contributed by atoms with E-state index in [0.29, 0.717) is 11.7 Å². The summed E-state index contributed by atoms with van der Waals surface area (Å²) in [5.41, 5.74) is 5.65. The fourth-order valence-corrected chi connectivity index (χ4v) is 3.03. The maximum Gasteiger partial charge on any atom is 0.222 e. The van der Waals surface area contributed by atoms with Crippen LogP contribution in [0.2, 0.25) is 0 Å². The Balaban J connectivity index is 1.78. The number of methoxy groups -OCH3 is 2. The van der Waals surface area contributed by atoms with Gasteiger partial charge in [0, 0.05) is 0 Å². The van der Waals surface area contributed by atoms with E-state index >= 15 is 0 Å². The van der Waals surface area contributed by atoms with E-state index in [1.807, 2.05) is 36.4 Å². The number of para-hydroxylation sites is 2. The summed E-state index contributed by atoms with van der Waals surface area (Å²) in [7, 11) is 3.23. The van der Waals surface area contributed by atoms with Gasteiger partial charge in [0.05, 0.1) is 35.0 Å². The molecule has 3 aromatic rings. The highest BCUT2D eigenvalue weighted by Crippen LogP contribution is 2.33. The van der Waals surface area contributed by atoms with Crippen LogP contribution < -0.4 is 14.9 Å². The van der Waals surface area contributed by atoms with Crippen LogP contribution >= 0.6 is 22.6 Å². The molecule has 0 fully saturated rings. The third-order valence-electron chi connectivity index (χ3n) is 3.23. The molecule has 7 heteroatoms. The number of hydrazone groups is 1. The molecule has 0 atom stereocenters. The van der Waals surface area contributed by atoms with Crippen molar-refractivity contribution in [3.8, 4) is 11.5 Å². The zero-order chi connectivity index (χ0) is 16.2. The van der Waals surface area contributed by atoms with E-state index in [4.69, 9.17) is 9.47 Å². The van der Waals surface area contributed by atoms with Gasteiger partial charge in [-0.3, -0.25) is 0 Å². The molecule has 0 bridgehead atoms. The van der Waals surface area contributed by atoms with Gasteiger partial charge in [-0.1, -0.05) is 12.1 Å². The molecular formula is C16H15IN4O2. The average molecular weight is 422 g/mol. The second kappa shape index (κ2) is 6.86. The first-order valence-electron chi connectivity index (χ1n) is 6.86. The molecule has 6 nitrogen and oxygen atoms in total. The summed E-state index contributed by atoms with van der Waals surface area (Å²) in [5, 5.41) is 4.21. The molecule has 3 rings (SSSR count). The van der Waals surface area contributed by atoms with Crippen molar-refractivity contribution < 1.29 is 9.47 Å². The Morgan fingerprint density at radius 3 is 2.78 bits per heavy atom. The number of hydrogen-bond acceptors (Lipinski definition) is 5. The molecule has 0 spiro atoms. The minimum Gasteiger partial charge on any atom is -0.493 e. The molecule has 0 aliphatic heterocycles.